The number of anilines is 1. The molecule has 2 amide bonds. The van der Waals surface area contributed by atoms with E-state index in [4.69, 9.17) is 11.6 Å². The molecular formula is C25H25ClFN5O3. The summed E-state index contributed by atoms with van der Waals surface area (Å²) in [5, 5.41) is 15.7. The van der Waals surface area contributed by atoms with E-state index in [1.165, 1.54) is 23.2 Å². The van der Waals surface area contributed by atoms with Crippen LogP contribution in [0.1, 0.15) is 40.0 Å². The maximum absolute atomic E-state index is 13.8. The largest absolute Gasteiger partial charge is 0.394 e. The molecule has 2 atom stereocenters. The number of benzene rings is 2. The van der Waals surface area contributed by atoms with Crippen LogP contribution in [-0.2, 0) is 11.3 Å². The van der Waals surface area contributed by atoms with Gasteiger partial charge in [-0.1, -0.05) is 29.8 Å². The van der Waals surface area contributed by atoms with Crippen molar-refractivity contribution >= 4 is 29.4 Å². The van der Waals surface area contributed by atoms with E-state index in [1.54, 1.807) is 33.0 Å². The number of aryl methyl sites for hydroxylation is 1. The minimum atomic E-state index is -0.819. The molecule has 10 heteroatoms. The van der Waals surface area contributed by atoms with Crippen LogP contribution >= 0.6 is 11.6 Å². The third kappa shape index (κ3) is 4.96. The molecule has 0 radical (unpaired) electrons. The molecule has 1 aromatic heterocycles. The van der Waals surface area contributed by atoms with Gasteiger partial charge >= 0.3 is 0 Å². The number of hydrogen-bond acceptors (Lipinski definition) is 6. The summed E-state index contributed by atoms with van der Waals surface area (Å²) in [6.45, 7) is 3.19. The van der Waals surface area contributed by atoms with Gasteiger partial charge in [0.15, 0.2) is 0 Å². The Morgan fingerprint density at radius 2 is 2.06 bits per heavy atom. The summed E-state index contributed by atoms with van der Waals surface area (Å²) >= 11 is 6.28. The topological polar surface area (TPSA) is 107 Å². The SMILES string of the molecule is CNc1ncc(Cl)c(-c2ccc3c(c2)C(=O)N(C(C)C(=O)NC(CO)c2cc(C)cc(F)c2)C3)n1. The lowest BCUT2D eigenvalue weighted by Gasteiger charge is -2.26. The highest BCUT2D eigenvalue weighted by molar-refractivity contribution is 6.33. The third-order valence-corrected chi connectivity index (χ3v) is 6.27. The van der Waals surface area contributed by atoms with Crippen molar-refractivity contribution in [1.29, 1.82) is 0 Å². The van der Waals surface area contributed by atoms with Crippen molar-refractivity contribution in [3.05, 3.63) is 75.7 Å². The summed E-state index contributed by atoms with van der Waals surface area (Å²) in [7, 11) is 1.69. The fourth-order valence-corrected chi connectivity index (χ4v) is 4.31. The van der Waals surface area contributed by atoms with E-state index in [-0.39, 0.29) is 12.5 Å². The number of aliphatic hydroxyl groups is 1. The zero-order valence-corrected chi connectivity index (χ0v) is 20.2. The highest BCUT2D eigenvalue weighted by Crippen LogP contribution is 2.32. The number of nitrogens with zero attached hydrogens (tertiary/aromatic N) is 3. The van der Waals surface area contributed by atoms with Gasteiger partial charge in [0.2, 0.25) is 11.9 Å². The number of nitrogens with one attached hydrogen (secondary N) is 2. The van der Waals surface area contributed by atoms with E-state index in [1.807, 2.05) is 12.1 Å². The summed E-state index contributed by atoms with van der Waals surface area (Å²) in [6, 6.07) is 8.07. The molecule has 0 fully saturated rings. The molecule has 8 nitrogen and oxygen atoms in total. The fraction of sp³-hybridized carbons (Fsp3) is 0.280. The smallest absolute Gasteiger partial charge is 0.255 e. The Morgan fingerprint density at radius 1 is 1.29 bits per heavy atom. The molecule has 3 N–H and O–H groups in total. The molecule has 1 aliphatic rings. The number of aromatic nitrogens is 2. The Kier molecular flexibility index (Phi) is 7.00. The first-order valence-electron chi connectivity index (χ1n) is 11.0. The first kappa shape index (κ1) is 24.6. The van der Waals surface area contributed by atoms with Gasteiger partial charge in [-0.2, -0.15) is 0 Å². The van der Waals surface area contributed by atoms with Gasteiger partial charge in [0, 0.05) is 24.7 Å². The molecule has 0 bridgehead atoms. The minimum Gasteiger partial charge on any atom is -0.394 e. The van der Waals surface area contributed by atoms with Crippen molar-refractivity contribution in [1.82, 2.24) is 20.2 Å². The van der Waals surface area contributed by atoms with E-state index in [0.29, 0.717) is 38.9 Å². The number of fused-ring (bicyclic) bond motifs is 1. The van der Waals surface area contributed by atoms with Gasteiger partial charge < -0.3 is 20.6 Å². The number of hydrogen-bond donors (Lipinski definition) is 3. The standard InChI is InChI=1S/C25H25ClFN5O3/c1-13-6-17(8-18(27)7-13)21(12-33)30-23(34)14(2)32-11-16-5-4-15(9-19(16)24(32)35)22-20(26)10-29-25(28-3)31-22/h4-10,14,21,33H,11-12H2,1-3H3,(H,30,34)(H,28,29,31). The van der Waals surface area contributed by atoms with E-state index >= 15 is 0 Å². The predicted octanol–water partition coefficient (Wildman–Crippen LogP) is 3.48. The predicted molar refractivity (Wildman–Crippen MR) is 130 cm³/mol. The lowest BCUT2D eigenvalue weighted by molar-refractivity contribution is -0.126. The summed E-state index contributed by atoms with van der Waals surface area (Å²) < 4.78 is 13.8. The monoisotopic (exact) mass is 497 g/mol. The number of carbonyl (C=O) groups is 2. The lowest BCUT2D eigenvalue weighted by atomic mass is 10.0. The molecule has 182 valence electrons. The molecule has 4 rings (SSSR count). The molecule has 0 saturated carbocycles. The van der Waals surface area contributed by atoms with Gasteiger partial charge in [-0.3, -0.25) is 9.59 Å². The van der Waals surface area contributed by atoms with Crippen LogP contribution in [0.2, 0.25) is 5.02 Å². The molecule has 0 spiro atoms. The van der Waals surface area contributed by atoms with E-state index < -0.39 is 30.4 Å². The van der Waals surface area contributed by atoms with Gasteiger partial charge in [-0.25, -0.2) is 14.4 Å². The van der Waals surface area contributed by atoms with Crippen molar-refractivity contribution in [2.75, 3.05) is 19.0 Å². The van der Waals surface area contributed by atoms with E-state index in [9.17, 15) is 19.1 Å². The maximum atomic E-state index is 13.8. The zero-order valence-electron chi connectivity index (χ0n) is 19.5. The van der Waals surface area contributed by atoms with E-state index in [0.717, 1.165) is 5.56 Å². The number of aliphatic hydroxyl groups excluding tert-OH is 1. The van der Waals surface area contributed by atoms with Gasteiger partial charge in [0.1, 0.15) is 11.9 Å². The molecular weight excluding hydrogens is 473 g/mol. The number of carbonyl (C=O) groups excluding carboxylic acids is 2. The average Bonchev–Trinajstić information content (AvgIpc) is 3.17. The Hall–Kier alpha value is -3.56. The molecule has 0 saturated heterocycles. The van der Waals surface area contributed by atoms with Gasteiger partial charge in [-0.05, 0) is 48.7 Å². The summed E-state index contributed by atoms with van der Waals surface area (Å²) in [6.07, 6.45) is 1.49. The lowest BCUT2D eigenvalue weighted by Crippen LogP contribution is -2.46. The second-order valence-corrected chi connectivity index (χ2v) is 8.83. The van der Waals surface area contributed by atoms with Crippen LogP contribution < -0.4 is 10.6 Å². The minimum absolute atomic E-state index is 0.255. The van der Waals surface area contributed by atoms with Crippen LogP contribution in [-0.4, -0.2) is 51.5 Å². The average molecular weight is 498 g/mol. The van der Waals surface area contributed by atoms with Crippen molar-refractivity contribution in [2.45, 2.75) is 32.5 Å². The summed E-state index contributed by atoms with van der Waals surface area (Å²) in [4.78, 5) is 36.1. The van der Waals surface area contributed by atoms with Crippen molar-refractivity contribution in [3.8, 4) is 11.3 Å². The van der Waals surface area contributed by atoms with Crippen molar-refractivity contribution in [2.24, 2.45) is 0 Å². The zero-order chi connectivity index (χ0) is 25.3. The van der Waals surface area contributed by atoms with Gasteiger partial charge in [-0.15, -0.1) is 0 Å². The fourth-order valence-electron chi connectivity index (χ4n) is 4.11. The molecule has 2 unspecified atom stereocenters. The second-order valence-electron chi connectivity index (χ2n) is 8.43. The summed E-state index contributed by atoms with van der Waals surface area (Å²) in [5.41, 5.74) is 3.50. The molecule has 2 heterocycles. The molecule has 35 heavy (non-hydrogen) atoms. The number of amides is 2. The molecule has 3 aromatic rings. The molecule has 0 aliphatic carbocycles. The van der Waals surface area contributed by atoms with Crippen LogP contribution in [0, 0.1) is 12.7 Å². The molecule has 2 aromatic carbocycles. The van der Waals surface area contributed by atoms with Crippen LogP contribution in [0.15, 0.2) is 42.6 Å². The van der Waals surface area contributed by atoms with Crippen LogP contribution in [0.5, 0.6) is 0 Å². The quantitative estimate of drug-likeness (QED) is 0.461. The maximum Gasteiger partial charge on any atom is 0.255 e. The highest BCUT2D eigenvalue weighted by Gasteiger charge is 2.35. The Morgan fingerprint density at radius 3 is 2.74 bits per heavy atom. The van der Waals surface area contributed by atoms with Crippen molar-refractivity contribution in [3.63, 3.8) is 0 Å². The van der Waals surface area contributed by atoms with Crippen LogP contribution in [0.3, 0.4) is 0 Å². The normalized spacial score (nSPS) is 14.5. The Labute approximate surface area is 207 Å². The van der Waals surface area contributed by atoms with E-state index in [2.05, 4.69) is 20.6 Å². The van der Waals surface area contributed by atoms with Gasteiger partial charge in [0.25, 0.3) is 5.91 Å². The van der Waals surface area contributed by atoms with Crippen molar-refractivity contribution < 1.29 is 19.1 Å². The highest BCUT2D eigenvalue weighted by atomic mass is 35.5. The molecule has 1 aliphatic heterocycles. The van der Waals surface area contributed by atoms with Gasteiger partial charge in [0.05, 0.1) is 29.6 Å². The first-order valence-corrected chi connectivity index (χ1v) is 11.4. The second kappa shape index (κ2) is 9.97. The summed E-state index contributed by atoms with van der Waals surface area (Å²) in [5.74, 6) is -0.807. The van der Waals surface area contributed by atoms with Crippen LogP contribution in [0.25, 0.3) is 11.3 Å². The Bertz CT molecular complexity index is 1280. The number of rotatable bonds is 7. The first-order chi connectivity index (χ1) is 16.7. The van der Waals surface area contributed by atoms with Crippen LogP contribution in [0.4, 0.5) is 10.3 Å². The Balaban J connectivity index is 1.53. The third-order valence-electron chi connectivity index (χ3n) is 6.00. The number of halogens is 2.